The average Bonchev–Trinajstić information content (AvgIpc) is 2.86. The van der Waals surface area contributed by atoms with Crippen molar-refractivity contribution in [2.24, 2.45) is 11.8 Å². The monoisotopic (exact) mass is 543 g/mol. The molecule has 1 aliphatic rings. The molecular formula is C31H45NO7. The number of ether oxygens (including phenoxy) is 3. The number of allylic oxidation sites excluding steroid dienone is 3. The largest absolute Gasteiger partial charge is 0.477 e. The van der Waals surface area contributed by atoms with Crippen LogP contribution in [0.1, 0.15) is 79.3 Å². The second kappa shape index (κ2) is 15.0. The predicted molar refractivity (Wildman–Crippen MR) is 150 cm³/mol. The number of carbonyl (C=O) groups is 2. The first-order chi connectivity index (χ1) is 18.3. The van der Waals surface area contributed by atoms with Crippen LogP contribution in [-0.4, -0.2) is 57.7 Å². The van der Waals surface area contributed by atoms with Crippen molar-refractivity contribution >= 4 is 11.9 Å². The molecule has 0 aliphatic carbocycles. The molecule has 8 nitrogen and oxygen atoms in total. The lowest BCUT2D eigenvalue weighted by Gasteiger charge is -2.32. The van der Waals surface area contributed by atoms with Gasteiger partial charge in [-0.05, 0) is 50.3 Å². The van der Waals surface area contributed by atoms with Crippen LogP contribution in [-0.2, 0) is 19.1 Å². The summed E-state index contributed by atoms with van der Waals surface area (Å²) in [6.45, 7) is 13.4. The van der Waals surface area contributed by atoms with Gasteiger partial charge in [-0.15, -0.1) is 0 Å². The van der Waals surface area contributed by atoms with Crippen LogP contribution in [0.4, 0.5) is 0 Å². The molecule has 0 saturated carbocycles. The number of nitrogens with zero attached hydrogens (tertiary/aromatic N) is 1. The Balaban J connectivity index is 2.25. The van der Waals surface area contributed by atoms with Crippen LogP contribution in [0.2, 0.25) is 0 Å². The summed E-state index contributed by atoms with van der Waals surface area (Å²) in [6, 6.07) is 5.73. The van der Waals surface area contributed by atoms with Gasteiger partial charge in [0.15, 0.2) is 0 Å². The van der Waals surface area contributed by atoms with Gasteiger partial charge in [-0.25, -0.2) is 4.98 Å². The molecule has 0 amide bonds. The number of pyridine rings is 1. The van der Waals surface area contributed by atoms with E-state index in [4.69, 9.17) is 14.2 Å². The van der Waals surface area contributed by atoms with Crippen molar-refractivity contribution < 1.29 is 34.0 Å². The number of cyclic esters (lactones) is 1. The molecule has 0 saturated heterocycles. The van der Waals surface area contributed by atoms with Crippen molar-refractivity contribution in [1.29, 1.82) is 0 Å². The number of aromatic nitrogens is 1. The lowest BCUT2D eigenvalue weighted by Crippen LogP contribution is -2.42. The Morgan fingerprint density at radius 3 is 2.64 bits per heavy atom. The van der Waals surface area contributed by atoms with Gasteiger partial charge in [0.1, 0.15) is 17.8 Å². The van der Waals surface area contributed by atoms with E-state index in [1.165, 1.54) is 6.92 Å². The minimum absolute atomic E-state index is 0.0229. The zero-order valence-corrected chi connectivity index (χ0v) is 24.3. The van der Waals surface area contributed by atoms with Gasteiger partial charge >= 0.3 is 11.9 Å². The summed E-state index contributed by atoms with van der Waals surface area (Å²) in [5.74, 6) is -0.297. The molecule has 8 heteroatoms. The van der Waals surface area contributed by atoms with E-state index in [1.807, 2.05) is 57.2 Å². The molecule has 2 heterocycles. The summed E-state index contributed by atoms with van der Waals surface area (Å²) in [4.78, 5) is 28.9. The SMILES string of the molecule is CC(=O)O[C@H]1/C=C/[C@H](C)[C@@H](/C(C)=C/C=C/C(C)c2cccc(OCC(C)C)n2)OC(=O)C[C@@H](O)CC[C@]1(C)O. The van der Waals surface area contributed by atoms with E-state index < -0.39 is 35.9 Å². The summed E-state index contributed by atoms with van der Waals surface area (Å²) in [5, 5.41) is 21.3. The minimum atomic E-state index is -1.41. The van der Waals surface area contributed by atoms with Gasteiger partial charge in [0.25, 0.3) is 0 Å². The molecule has 0 spiro atoms. The smallest absolute Gasteiger partial charge is 0.309 e. The molecule has 0 radical (unpaired) electrons. The molecule has 6 atom stereocenters. The van der Waals surface area contributed by atoms with Crippen LogP contribution >= 0.6 is 0 Å². The van der Waals surface area contributed by atoms with E-state index in [1.54, 1.807) is 19.1 Å². The second-order valence-electron chi connectivity index (χ2n) is 11.1. The summed E-state index contributed by atoms with van der Waals surface area (Å²) in [7, 11) is 0. The van der Waals surface area contributed by atoms with Gasteiger partial charge in [-0.2, -0.15) is 0 Å². The number of rotatable bonds is 8. The van der Waals surface area contributed by atoms with Gasteiger partial charge in [-0.1, -0.05) is 58.1 Å². The number of carbonyl (C=O) groups excluding carboxylic acids is 2. The Morgan fingerprint density at radius 1 is 1.26 bits per heavy atom. The third-order valence-electron chi connectivity index (χ3n) is 6.60. The highest BCUT2D eigenvalue weighted by Gasteiger charge is 2.35. The van der Waals surface area contributed by atoms with Gasteiger partial charge in [-0.3, -0.25) is 9.59 Å². The summed E-state index contributed by atoms with van der Waals surface area (Å²) in [6.07, 6.45) is 6.82. The maximum Gasteiger partial charge on any atom is 0.309 e. The Labute approximate surface area is 232 Å². The fraction of sp³-hybridized carbons (Fsp3) is 0.581. The first-order valence-corrected chi connectivity index (χ1v) is 13.7. The molecule has 1 aromatic heterocycles. The van der Waals surface area contributed by atoms with Crippen molar-refractivity contribution in [2.45, 2.75) is 97.6 Å². The molecular weight excluding hydrogens is 498 g/mol. The van der Waals surface area contributed by atoms with Gasteiger partial charge < -0.3 is 24.4 Å². The van der Waals surface area contributed by atoms with Crippen LogP contribution in [0.25, 0.3) is 0 Å². The van der Waals surface area contributed by atoms with Gasteiger partial charge in [0, 0.05) is 24.8 Å². The first-order valence-electron chi connectivity index (χ1n) is 13.7. The molecule has 0 fully saturated rings. The van der Waals surface area contributed by atoms with Crippen LogP contribution < -0.4 is 4.74 Å². The fourth-order valence-electron chi connectivity index (χ4n) is 4.21. The summed E-state index contributed by atoms with van der Waals surface area (Å²) < 4.78 is 16.9. The second-order valence-corrected chi connectivity index (χ2v) is 11.1. The Hall–Kier alpha value is -2.97. The predicted octanol–water partition coefficient (Wildman–Crippen LogP) is 5.05. The Kier molecular flexibility index (Phi) is 12.4. The molecule has 0 aromatic carbocycles. The van der Waals surface area contributed by atoms with Crippen molar-refractivity contribution in [1.82, 2.24) is 4.98 Å². The van der Waals surface area contributed by atoms with E-state index in [9.17, 15) is 19.8 Å². The standard InChI is InChI=1S/C31H45NO7/c1-20(2)19-37-28-13-9-12-26(32-28)21(3)10-8-11-22(4)30-23(5)14-15-27(38-24(6)33)31(7,36)17-16-25(34)18-29(35)39-30/h8-15,20-21,23,25,27,30,34,36H,16-19H2,1-7H3/b10-8+,15-14+,22-11+/t21?,23-,25-,27-,30+,31-/m0/s1. The molecule has 0 bridgehead atoms. The molecule has 216 valence electrons. The topological polar surface area (TPSA) is 115 Å². The quantitative estimate of drug-likeness (QED) is 0.266. The van der Waals surface area contributed by atoms with Crippen LogP contribution in [0.15, 0.2) is 54.2 Å². The van der Waals surface area contributed by atoms with Crippen LogP contribution in [0.3, 0.4) is 0 Å². The normalized spacial score (nSPS) is 28.8. The highest BCUT2D eigenvalue weighted by molar-refractivity contribution is 5.70. The summed E-state index contributed by atoms with van der Waals surface area (Å²) in [5.41, 5.74) is 0.272. The molecule has 1 unspecified atom stereocenters. The van der Waals surface area contributed by atoms with Crippen LogP contribution in [0, 0.1) is 11.8 Å². The molecule has 39 heavy (non-hydrogen) atoms. The highest BCUT2D eigenvalue weighted by Crippen LogP contribution is 2.27. The van der Waals surface area contributed by atoms with E-state index >= 15 is 0 Å². The molecule has 2 N–H and O–H groups in total. The lowest BCUT2D eigenvalue weighted by atomic mass is 9.88. The number of hydrogen-bond acceptors (Lipinski definition) is 8. The maximum atomic E-state index is 12.6. The Morgan fingerprint density at radius 2 is 1.97 bits per heavy atom. The highest BCUT2D eigenvalue weighted by atomic mass is 16.6. The maximum absolute atomic E-state index is 12.6. The van der Waals surface area contributed by atoms with Gasteiger partial charge in [0.05, 0.1) is 24.8 Å². The van der Waals surface area contributed by atoms with E-state index in [0.717, 1.165) is 11.3 Å². The first kappa shape index (κ1) is 32.2. The number of aliphatic hydroxyl groups is 2. The lowest BCUT2D eigenvalue weighted by molar-refractivity contribution is -0.157. The molecule has 1 aliphatic heterocycles. The van der Waals surface area contributed by atoms with E-state index in [2.05, 4.69) is 18.8 Å². The van der Waals surface area contributed by atoms with Crippen molar-refractivity contribution in [2.75, 3.05) is 6.61 Å². The van der Waals surface area contributed by atoms with Crippen LogP contribution in [0.5, 0.6) is 5.88 Å². The van der Waals surface area contributed by atoms with E-state index in [-0.39, 0.29) is 31.1 Å². The minimum Gasteiger partial charge on any atom is -0.477 e. The van der Waals surface area contributed by atoms with E-state index in [0.29, 0.717) is 18.4 Å². The number of aliphatic hydroxyl groups excluding tert-OH is 1. The number of hydrogen-bond donors (Lipinski definition) is 2. The molecule has 1 aromatic rings. The van der Waals surface area contributed by atoms with Crippen molar-refractivity contribution in [3.63, 3.8) is 0 Å². The zero-order chi connectivity index (χ0) is 29.2. The summed E-state index contributed by atoms with van der Waals surface area (Å²) >= 11 is 0. The van der Waals surface area contributed by atoms with Crippen molar-refractivity contribution in [3.05, 3.63) is 59.8 Å². The molecule has 2 rings (SSSR count). The van der Waals surface area contributed by atoms with Crippen molar-refractivity contribution in [3.8, 4) is 5.88 Å². The Bertz CT molecular complexity index is 1040. The van der Waals surface area contributed by atoms with Gasteiger partial charge in [0.2, 0.25) is 5.88 Å². The third-order valence-corrected chi connectivity index (χ3v) is 6.60. The fourth-order valence-corrected chi connectivity index (χ4v) is 4.21. The number of esters is 2. The average molecular weight is 544 g/mol. The zero-order valence-electron chi connectivity index (χ0n) is 24.3. The third kappa shape index (κ3) is 11.0.